The van der Waals surface area contributed by atoms with Gasteiger partial charge in [-0.1, -0.05) is 0 Å². The normalized spacial score (nSPS) is 12.4. The number of nitrogens with one attached hydrogen (secondary N) is 2. The molecule has 1 heterocycles. The molecular weight excluding hydrogens is 238 g/mol. The second kappa shape index (κ2) is 7.37. The van der Waals surface area contributed by atoms with Gasteiger partial charge in [0.15, 0.2) is 0 Å². The molecule has 5 nitrogen and oxygen atoms in total. The van der Waals surface area contributed by atoms with E-state index >= 15 is 0 Å². The Morgan fingerprint density at radius 1 is 1.65 bits per heavy atom. The number of thiazole rings is 1. The number of aromatic nitrogens is 1. The topological polar surface area (TPSA) is 63.2 Å². The molecule has 1 atom stereocenters. The molecule has 6 heteroatoms. The standard InChI is InChI=1S/C11H19N3O2S/c1-8(10-7-17-9(2)14-10)13-6-11(15)12-4-5-16-3/h7-8,13H,4-6H2,1-3H3,(H,12,15). The van der Waals surface area contributed by atoms with Crippen LogP contribution in [0, 0.1) is 6.92 Å². The first-order valence-corrected chi connectivity index (χ1v) is 6.42. The molecule has 0 aliphatic rings. The second-order valence-corrected chi connectivity index (χ2v) is 4.80. The van der Waals surface area contributed by atoms with Gasteiger partial charge in [-0.05, 0) is 13.8 Å². The fraction of sp³-hybridized carbons (Fsp3) is 0.636. The highest BCUT2D eigenvalue weighted by Gasteiger charge is 2.09. The number of rotatable bonds is 7. The third-order valence-corrected chi connectivity index (χ3v) is 3.07. The predicted octanol–water partition coefficient (Wildman–Crippen LogP) is 0.865. The Hall–Kier alpha value is -0.980. The van der Waals surface area contributed by atoms with Crippen molar-refractivity contribution in [2.45, 2.75) is 19.9 Å². The average molecular weight is 257 g/mol. The van der Waals surface area contributed by atoms with Crippen molar-refractivity contribution < 1.29 is 9.53 Å². The maximum absolute atomic E-state index is 11.4. The van der Waals surface area contributed by atoms with Crippen LogP contribution in [-0.4, -0.2) is 37.7 Å². The van der Waals surface area contributed by atoms with Crippen molar-refractivity contribution in [2.75, 3.05) is 26.8 Å². The van der Waals surface area contributed by atoms with Gasteiger partial charge in [0.2, 0.25) is 5.91 Å². The summed E-state index contributed by atoms with van der Waals surface area (Å²) in [6.45, 7) is 5.34. The van der Waals surface area contributed by atoms with Gasteiger partial charge in [-0.15, -0.1) is 11.3 Å². The van der Waals surface area contributed by atoms with Gasteiger partial charge in [0.05, 0.1) is 23.9 Å². The Kier molecular flexibility index (Phi) is 6.10. The summed E-state index contributed by atoms with van der Waals surface area (Å²) in [6.07, 6.45) is 0. The number of methoxy groups -OCH3 is 1. The number of aryl methyl sites for hydroxylation is 1. The zero-order chi connectivity index (χ0) is 12.7. The number of nitrogens with zero attached hydrogens (tertiary/aromatic N) is 1. The minimum Gasteiger partial charge on any atom is -0.383 e. The third-order valence-electron chi connectivity index (χ3n) is 2.28. The first kappa shape index (κ1) is 14.1. The van der Waals surface area contributed by atoms with E-state index in [4.69, 9.17) is 4.74 Å². The monoisotopic (exact) mass is 257 g/mol. The van der Waals surface area contributed by atoms with E-state index < -0.39 is 0 Å². The number of amides is 1. The summed E-state index contributed by atoms with van der Waals surface area (Å²) in [5.74, 6) is -0.0270. The van der Waals surface area contributed by atoms with Crippen molar-refractivity contribution in [3.63, 3.8) is 0 Å². The van der Waals surface area contributed by atoms with Crippen molar-refractivity contribution in [3.05, 3.63) is 16.1 Å². The number of carbonyl (C=O) groups is 1. The largest absolute Gasteiger partial charge is 0.383 e. The van der Waals surface area contributed by atoms with Crippen LogP contribution in [0.2, 0.25) is 0 Å². The SMILES string of the molecule is COCCNC(=O)CNC(C)c1csc(C)n1. The number of carbonyl (C=O) groups excluding carboxylic acids is 1. The Bertz CT molecular complexity index is 354. The van der Waals surface area contributed by atoms with Gasteiger partial charge in [-0.2, -0.15) is 0 Å². The summed E-state index contributed by atoms with van der Waals surface area (Å²) in [6, 6.07) is 0.0909. The van der Waals surface area contributed by atoms with E-state index in [1.807, 2.05) is 19.2 Å². The molecule has 0 aliphatic heterocycles. The molecule has 0 saturated carbocycles. The zero-order valence-corrected chi connectivity index (χ0v) is 11.3. The fourth-order valence-corrected chi connectivity index (χ4v) is 1.99. The molecular formula is C11H19N3O2S. The van der Waals surface area contributed by atoms with Crippen molar-refractivity contribution in [1.82, 2.24) is 15.6 Å². The number of hydrogen-bond acceptors (Lipinski definition) is 5. The molecule has 0 fully saturated rings. The van der Waals surface area contributed by atoms with Crippen LogP contribution in [0.5, 0.6) is 0 Å². The first-order chi connectivity index (χ1) is 8.13. The summed E-state index contributed by atoms with van der Waals surface area (Å²) < 4.78 is 4.85. The van der Waals surface area contributed by atoms with Crippen LogP contribution in [-0.2, 0) is 9.53 Å². The van der Waals surface area contributed by atoms with Crippen LogP contribution >= 0.6 is 11.3 Å². The lowest BCUT2D eigenvalue weighted by atomic mass is 10.2. The summed E-state index contributed by atoms with van der Waals surface area (Å²) in [5.41, 5.74) is 0.984. The van der Waals surface area contributed by atoms with Crippen LogP contribution in [0.1, 0.15) is 23.7 Å². The minimum absolute atomic E-state index is 0.0270. The van der Waals surface area contributed by atoms with Crippen LogP contribution < -0.4 is 10.6 Å². The van der Waals surface area contributed by atoms with Crippen molar-refractivity contribution in [3.8, 4) is 0 Å². The Morgan fingerprint density at radius 2 is 2.41 bits per heavy atom. The smallest absolute Gasteiger partial charge is 0.234 e. The third kappa shape index (κ3) is 5.25. The molecule has 0 radical (unpaired) electrons. The van der Waals surface area contributed by atoms with Crippen molar-refractivity contribution in [2.24, 2.45) is 0 Å². The molecule has 1 aromatic rings. The van der Waals surface area contributed by atoms with Gasteiger partial charge < -0.3 is 15.4 Å². The Balaban J connectivity index is 2.23. The second-order valence-electron chi connectivity index (χ2n) is 3.74. The average Bonchev–Trinajstić information content (AvgIpc) is 2.73. The van der Waals surface area contributed by atoms with Crippen LogP contribution in [0.25, 0.3) is 0 Å². The quantitative estimate of drug-likeness (QED) is 0.711. The maximum Gasteiger partial charge on any atom is 0.234 e. The van der Waals surface area contributed by atoms with Gasteiger partial charge in [0.25, 0.3) is 0 Å². The first-order valence-electron chi connectivity index (χ1n) is 5.54. The molecule has 1 unspecified atom stereocenters. The molecule has 0 spiro atoms. The van der Waals surface area contributed by atoms with Gasteiger partial charge in [-0.25, -0.2) is 4.98 Å². The highest BCUT2D eigenvalue weighted by atomic mass is 32.1. The highest BCUT2D eigenvalue weighted by Crippen LogP contribution is 2.15. The van der Waals surface area contributed by atoms with Crippen molar-refractivity contribution >= 4 is 17.2 Å². The highest BCUT2D eigenvalue weighted by molar-refractivity contribution is 7.09. The molecule has 17 heavy (non-hydrogen) atoms. The van der Waals surface area contributed by atoms with Crippen LogP contribution in [0.4, 0.5) is 0 Å². The van der Waals surface area contributed by atoms with Crippen molar-refractivity contribution in [1.29, 1.82) is 0 Å². The van der Waals surface area contributed by atoms with E-state index in [1.54, 1.807) is 18.4 Å². The lowest BCUT2D eigenvalue weighted by Crippen LogP contribution is -2.36. The lowest BCUT2D eigenvalue weighted by Gasteiger charge is -2.11. The minimum atomic E-state index is -0.0270. The molecule has 0 aliphatic carbocycles. The molecule has 1 rings (SSSR count). The Labute approximate surface area is 106 Å². The van der Waals surface area contributed by atoms with E-state index in [1.165, 1.54) is 0 Å². The van der Waals surface area contributed by atoms with E-state index in [-0.39, 0.29) is 11.9 Å². The summed E-state index contributed by atoms with van der Waals surface area (Å²) in [4.78, 5) is 15.8. The summed E-state index contributed by atoms with van der Waals surface area (Å²) >= 11 is 1.62. The molecule has 0 aromatic carbocycles. The fourth-order valence-electron chi connectivity index (χ4n) is 1.28. The van der Waals surface area contributed by atoms with Gasteiger partial charge >= 0.3 is 0 Å². The van der Waals surface area contributed by atoms with Gasteiger partial charge in [0.1, 0.15) is 0 Å². The number of ether oxygens (including phenoxy) is 1. The van der Waals surface area contributed by atoms with Gasteiger partial charge in [0, 0.05) is 25.1 Å². The molecule has 0 saturated heterocycles. The van der Waals surface area contributed by atoms with Gasteiger partial charge in [-0.3, -0.25) is 4.79 Å². The summed E-state index contributed by atoms with van der Waals surface area (Å²) in [7, 11) is 1.61. The lowest BCUT2D eigenvalue weighted by molar-refractivity contribution is -0.120. The molecule has 96 valence electrons. The van der Waals surface area contributed by atoms with Crippen LogP contribution in [0.15, 0.2) is 5.38 Å². The van der Waals surface area contributed by atoms with Crippen LogP contribution in [0.3, 0.4) is 0 Å². The molecule has 1 amide bonds. The molecule has 0 bridgehead atoms. The predicted molar refractivity (Wildman–Crippen MR) is 68.2 cm³/mol. The van der Waals surface area contributed by atoms with E-state index in [2.05, 4.69) is 15.6 Å². The number of hydrogen-bond donors (Lipinski definition) is 2. The molecule has 2 N–H and O–H groups in total. The summed E-state index contributed by atoms with van der Waals surface area (Å²) in [5, 5.41) is 8.93. The van der Waals surface area contributed by atoms with E-state index in [0.717, 1.165) is 10.7 Å². The Morgan fingerprint density at radius 3 is 3.00 bits per heavy atom. The zero-order valence-electron chi connectivity index (χ0n) is 10.4. The molecule has 1 aromatic heterocycles. The maximum atomic E-state index is 11.4. The van der Waals surface area contributed by atoms with E-state index in [9.17, 15) is 4.79 Å². The van der Waals surface area contributed by atoms with E-state index in [0.29, 0.717) is 19.7 Å².